The minimum atomic E-state index is -0.0417. The van der Waals surface area contributed by atoms with Crippen LogP contribution >= 0.6 is 11.6 Å². The van der Waals surface area contributed by atoms with Crippen molar-refractivity contribution in [1.82, 2.24) is 0 Å². The van der Waals surface area contributed by atoms with E-state index in [0.29, 0.717) is 18.1 Å². The van der Waals surface area contributed by atoms with Crippen LogP contribution in [0.5, 0.6) is 0 Å². The van der Waals surface area contributed by atoms with E-state index in [4.69, 9.17) is 16.0 Å². The molecule has 2 nitrogen and oxygen atoms in total. The molecule has 0 N–H and O–H groups in total. The van der Waals surface area contributed by atoms with Gasteiger partial charge in [-0.1, -0.05) is 0 Å². The molecule has 0 saturated carbocycles. The maximum Gasteiger partial charge on any atom is 0.199 e. The van der Waals surface area contributed by atoms with Crippen LogP contribution in [0.15, 0.2) is 22.8 Å². The molecule has 0 aliphatic heterocycles. The Hall–Kier alpha value is -0.760. The maximum atomic E-state index is 10.9. The van der Waals surface area contributed by atoms with E-state index in [1.165, 1.54) is 6.26 Å². The molecule has 0 atom stereocenters. The Bertz CT molecular complexity index is 203. The van der Waals surface area contributed by atoms with Gasteiger partial charge in [0, 0.05) is 12.3 Å². The molecule has 0 aliphatic carbocycles. The number of hydrogen-bond donors (Lipinski definition) is 0. The number of carbonyl (C=O) groups excluding carboxylic acids is 1. The Morgan fingerprint density at radius 1 is 1.70 bits per heavy atom. The summed E-state index contributed by atoms with van der Waals surface area (Å²) in [5, 5.41) is 0. The van der Waals surface area contributed by atoms with E-state index in [1.54, 1.807) is 12.1 Å². The molecule has 0 amide bonds. The number of furan rings is 1. The van der Waals surface area contributed by atoms with Crippen LogP contribution < -0.4 is 0 Å². The highest BCUT2D eigenvalue weighted by Crippen LogP contribution is 2.04. The van der Waals surface area contributed by atoms with Gasteiger partial charge in [-0.15, -0.1) is 11.6 Å². The molecule has 0 aromatic carbocycles. The monoisotopic (exact) mass is 158 g/mol. The summed E-state index contributed by atoms with van der Waals surface area (Å²) in [6.07, 6.45) is 1.82. The number of rotatable bonds is 3. The quantitative estimate of drug-likeness (QED) is 0.498. The molecule has 54 valence electrons. The lowest BCUT2D eigenvalue weighted by molar-refractivity contribution is 0.0962. The minimum Gasteiger partial charge on any atom is -0.461 e. The molecule has 0 saturated heterocycles. The molecule has 10 heavy (non-hydrogen) atoms. The smallest absolute Gasteiger partial charge is 0.199 e. The molecule has 0 fully saturated rings. The average Bonchev–Trinajstić information content (AvgIpc) is 2.38. The van der Waals surface area contributed by atoms with Gasteiger partial charge in [-0.05, 0) is 12.1 Å². The number of hydrogen-bond acceptors (Lipinski definition) is 2. The average molecular weight is 159 g/mol. The number of Topliss-reactive ketones (excluding diaryl/α,β-unsaturated/α-hetero) is 1. The largest absolute Gasteiger partial charge is 0.461 e. The standard InChI is InChI=1S/C7H7ClO2/c8-4-3-6(9)7-2-1-5-10-7/h1-2,5H,3-4H2. The van der Waals surface area contributed by atoms with Crippen LogP contribution in [0.25, 0.3) is 0 Å². The van der Waals surface area contributed by atoms with Gasteiger partial charge in [0.25, 0.3) is 0 Å². The van der Waals surface area contributed by atoms with Crippen molar-refractivity contribution in [2.24, 2.45) is 0 Å². The van der Waals surface area contributed by atoms with Crippen LogP contribution in [0.4, 0.5) is 0 Å². The molecule has 1 rings (SSSR count). The molecule has 0 spiro atoms. The Morgan fingerprint density at radius 2 is 2.50 bits per heavy atom. The van der Waals surface area contributed by atoms with E-state index in [-0.39, 0.29) is 5.78 Å². The zero-order chi connectivity index (χ0) is 7.40. The molecule has 0 bridgehead atoms. The van der Waals surface area contributed by atoms with Gasteiger partial charge in [0.15, 0.2) is 11.5 Å². The van der Waals surface area contributed by atoms with Crippen LogP contribution in [0.3, 0.4) is 0 Å². The van der Waals surface area contributed by atoms with Crippen molar-refractivity contribution in [3.8, 4) is 0 Å². The lowest BCUT2D eigenvalue weighted by atomic mass is 10.2. The van der Waals surface area contributed by atoms with E-state index < -0.39 is 0 Å². The highest BCUT2D eigenvalue weighted by Gasteiger charge is 2.05. The van der Waals surface area contributed by atoms with Gasteiger partial charge in [-0.3, -0.25) is 4.79 Å². The zero-order valence-electron chi connectivity index (χ0n) is 5.34. The van der Waals surface area contributed by atoms with Crippen molar-refractivity contribution < 1.29 is 9.21 Å². The Labute approximate surface area is 63.8 Å². The first-order chi connectivity index (χ1) is 4.84. The molecule has 0 unspecified atom stereocenters. The van der Waals surface area contributed by atoms with Crippen LogP contribution in [-0.4, -0.2) is 11.7 Å². The molecule has 0 aliphatic rings. The van der Waals surface area contributed by atoms with Crippen LogP contribution in [0.2, 0.25) is 0 Å². The lowest BCUT2D eigenvalue weighted by Crippen LogP contribution is -1.96. The van der Waals surface area contributed by atoms with Gasteiger partial charge < -0.3 is 4.42 Å². The predicted octanol–water partition coefficient (Wildman–Crippen LogP) is 2.09. The maximum absolute atomic E-state index is 10.9. The second-order valence-electron chi connectivity index (χ2n) is 1.84. The van der Waals surface area contributed by atoms with E-state index in [1.807, 2.05) is 0 Å². The summed E-state index contributed by atoms with van der Waals surface area (Å²) in [6, 6.07) is 3.32. The first-order valence-electron chi connectivity index (χ1n) is 2.97. The van der Waals surface area contributed by atoms with Crippen molar-refractivity contribution in [3.05, 3.63) is 24.2 Å². The summed E-state index contributed by atoms with van der Waals surface area (Å²) < 4.78 is 4.84. The normalized spacial score (nSPS) is 9.70. The topological polar surface area (TPSA) is 30.2 Å². The van der Waals surface area contributed by atoms with Gasteiger partial charge in [0.05, 0.1) is 6.26 Å². The molecular weight excluding hydrogens is 152 g/mol. The zero-order valence-corrected chi connectivity index (χ0v) is 6.10. The fraction of sp³-hybridized carbons (Fsp3) is 0.286. The second kappa shape index (κ2) is 3.42. The second-order valence-corrected chi connectivity index (χ2v) is 2.22. The van der Waals surface area contributed by atoms with E-state index >= 15 is 0 Å². The van der Waals surface area contributed by atoms with Gasteiger partial charge in [-0.2, -0.15) is 0 Å². The molecule has 1 heterocycles. The van der Waals surface area contributed by atoms with E-state index in [0.717, 1.165) is 0 Å². The van der Waals surface area contributed by atoms with Gasteiger partial charge in [-0.25, -0.2) is 0 Å². The summed E-state index contributed by atoms with van der Waals surface area (Å²) >= 11 is 5.35. The summed E-state index contributed by atoms with van der Waals surface area (Å²) in [4.78, 5) is 10.9. The van der Waals surface area contributed by atoms with E-state index in [2.05, 4.69) is 0 Å². The fourth-order valence-electron chi connectivity index (χ4n) is 0.646. The van der Waals surface area contributed by atoms with Crippen molar-refractivity contribution in [1.29, 1.82) is 0 Å². The minimum absolute atomic E-state index is 0.0417. The summed E-state index contributed by atoms with van der Waals surface area (Å²) in [5.41, 5.74) is 0. The Morgan fingerprint density at radius 3 is 3.00 bits per heavy atom. The SMILES string of the molecule is O=C(CCCl)c1ccco1. The third-order valence-corrected chi connectivity index (χ3v) is 1.31. The van der Waals surface area contributed by atoms with Gasteiger partial charge in [0.1, 0.15) is 0 Å². The van der Waals surface area contributed by atoms with Crippen LogP contribution in [-0.2, 0) is 0 Å². The summed E-state index contributed by atoms with van der Waals surface area (Å²) in [6.45, 7) is 0. The highest BCUT2D eigenvalue weighted by molar-refractivity contribution is 6.19. The molecule has 1 aromatic heterocycles. The van der Waals surface area contributed by atoms with Crippen molar-refractivity contribution in [2.75, 3.05) is 5.88 Å². The van der Waals surface area contributed by atoms with Crippen molar-refractivity contribution >= 4 is 17.4 Å². The van der Waals surface area contributed by atoms with Crippen LogP contribution in [0, 0.1) is 0 Å². The number of halogens is 1. The third-order valence-electron chi connectivity index (χ3n) is 1.12. The van der Waals surface area contributed by atoms with Crippen LogP contribution in [0.1, 0.15) is 17.0 Å². The molecular formula is C7H7ClO2. The lowest BCUT2D eigenvalue weighted by Gasteiger charge is -1.89. The summed E-state index contributed by atoms with van der Waals surface area (Å²) in [5.74, 6) is 0.695. The summed E-state index contributed by atoms with van der Waals surface area (Å²) in [7, 11) is 0. The molecule has 1 aromatic rings. The predicted molar refractivity (Wildman–Crippen MR) is 38.4 cm³/mol. The first kappa shape index (κ1) is 7.35. The van der Waals surface area contributed by atoms with E-state index in [9.17, 15) is 4.79 Å². The van der Waals surface area contributed by atoms with Crippen molar-refractivity contribution in [3.63, 3.8) is 0 Å². The molecule has 0 radical (unpaired) electrons. The molecule has 3 heteroatoms. The fourth-order valence-corrected chi connectivity index (χ4v) is 0.818. The number of alkyl halides is 1. The van der Waals surface area contributed by atoms with Crippen molar-refractivity contribution in [2.45, 2.75) is 6.42 Å². The Kier molecular flexibility index (Phi) is 2.51. The highest BCUT2D eigenvalue weighted by atomic mass is 35.5. The first-order valence-corrected chi connectivity index (χ1v) is 3.50. The third kappa shape index (κ3) is 1.61. The van der Waals surface area contributed by atoms with Gasteiger partial charge in [0.2, 0.25) is 0 Å². The van der Waals surface area contributed by atoms with Gasteiger partial charge >= 0.3 is 0 Å². The number of ketones is 1. The number of carbonyl (C=O) groups is 1. The Balaban J connectivity index is 2.59.